The van der Waals surface area contributed by atoms with E-state index in [-0.39, 0.29) is 81.9 Å². The Kier molecular flexibility index (Phi) is 18.8. The molecule has 0 spiro atoms. The van der Waals surface area contributed by atoms with Crippen LogP contribution < -0.4 is 46.3 Å². The van der Waals surface area contributed by atoms with Crippen LogP contribution in [0.1, 0.15) is 138 Å². The number of benzene rings is 5. The zero-order valence-electron chi connectivity index (χ0n) is 47.6. The molecule has 0 heterocycles. The summed E-state index contributed by atoms with van der Waals surface area (Å²) >= 11 is 0. The topological polar surface area (TPSA) is 218 Å². The van der Waals surface area contributed by atoms with Gasteiger partial charge in [0.05, 0.1) is 79.3 Å². The molecule has 0 bridgehead atoms. The van der Waals surface area contributed by atoms with Crippen LogP contribution in [-0.2, 0) is 33.3 Å². The number of rotatable bonds is 30. The Bertz CT molecular complexity index is 3090. The number of ether oxygens (including phenoxy) is 7. The van der Waals surface area contributed by atoms with E-state index in [0.717, 1.165) is 12.8 Å². The molecule has 1 aliphatic carbocycles. The van der Waals surface area contributed by atoms with Gasteiger partial charge in [-0.1, -0.05) is 11.6 Å². The average molecular weight is 1060 g/mol. The average Bonchev–Trinajstić information content (AvgIpc) is 3.49. The van der Waals surface area contributed by atoms with Crippen molar-refractivity contribution in [1.82, 2.24) is 10.6 Å². The molecule has 0 aliphatic heterocycles. The molecule has 1 atom stereocenters. The first-order valence-corrected chi connectivity index (χ1v) is 26.4. The normalized spacial score (nSPS) is 14.1. The maximum atomic E-state index is 15.2. The smallest absolute Gasteiger partial charge is 0.230 e. The number of carbonyl (C=O) groups excluding carboxylic acids is 3. The molecule has 0 fully saturated rings. The van der Waals surface area contributed by atoms with E-state index in [1.165, 1.54) is 34.3 Å². The molecule has 5 N–H and O–H groups in total. The van der Waals surface area contributed by atoms with E-state index in [0.29, 0.717) is 119 Å². The largest absolute Gasteiger partial charge is 0.507 e. The van der Waals surface area contributed by atoms with E-state index in [1.807, 2.05) is 55.4 Å². The fraction of sp³-hybridized carbons (Fsp3) is 0.576. The van der Waals surface area contributed by atoms with Crippen LogP contribution in [0.4, 0.5) is 11.4 Å². The van der Waals surface area contributed by atoms with Gasteiger partial charge in [0.1, 0.15) is 23.0 Å². The van der Waals surface area contributed by atoms with Gasteiger partial charge in [-0.3, -0.25) is 24.0 Å². The van der Waals surface area contributed by atoms with Crippen molar-refractivity contribution in [3.05, 3.63) is 49.3 Å². The van der Waals surface area contributed by atoms with Gasteiger partial charge in [-0.05, 0) is 113 Å². The molecular formula is C59H82N4O13. The summed E-state index contributed by atoms with van der Waals surface area (Å²) in [5, 5.41) is 27.5. The number of carbonyl (C=O) groups is 3. The Morgan fingerprint density at radius 1 is 0.579 bits per heavy atom. The lowest BCUT2D eigenvalue weighted by atomic mass is 9.80. The predicted molar refractivity (Wildman–Crippen MR) is 302 cm³/mol. The number of Topliss-reactive ketones (excluding diaryl/α,β-unsaturated/α-hetero) is 1. The summed E-state index contributed by atoms with van der Waals surface area (Å²) in [5.41, 5.74) is -0.611. The second kappa shape index (κ2) is 24.1. The number of amides is 2. The standard InChI is InChI=1S/C59H82N4O13/c1-33-30-35-43-48-45(53(68)52(35)63-25-17-19-41(67)62-27-21-59(9,10)76-29-23-57(5,6)74-15)37(65)32-39(71-12)47(48)46-38(70-11)31-36(44-50(46)49(43)51(42(33)34(2)64)55(72-13)54(44)69)60-24-16-18-40(66)61-26-20-58(7,8)75-28-22-56(3,4)73-14/h30-32,42,60,63,65H,16-29H2,1-15H3,(H,61,66)(H,62,67). The van der Waals surface area contributed by atoms with Crippen molar-refractivity contribution in [2.45, 2.75) is 149 Å². The molecule has 416 valence electrons. The molecule has 5 aromatic rings. The van der Waals surface area contributed by atoms with Crippen LogP contribution in [0.3, 0.4) is 0 Å². The van der Waals surface area contributed by atoms with Crippen LogP contribution in [0.5, 0.6) is 23.0 Å². The van der Waals surface area contributed by atoms with E-state index in [2.05, 4.69) is 21.3 Å². The third kappa shape index (κ3) is 12.9. The lowest BCUT2D eigenvalue weighted by Crippen LogP contribution is -2.34. The fourth-order valence-electron chi connectivity index (χ4n) is 10.2. The van der Waals surface area contributed by atoms with Crippen molar-refractivity contribution >= 4 is 78.1 Å². The van der Waals surface area contributed by atoms with Gasteiger partial charge in [-0.2, -0.15) is 0 Å². The minimum absolute atomic E-state index is 0.00241. The molecular weight excluding hydrogens is 973 g/mol. The molecule has 0 radical (unpaired) electrons. The first kappa shape index (κ1) is 59.2. The maximum Gasteiger partial charge on any atom is 0.230 e. The molecule has 0 saturated carbocycles. The van der Waals surface area contributed by atoms with Crippen molar-refractivity contribution < 1.29 is 52.6 Å². The number of ketones is 1. The summed E-state index contributed by atoms with van der Waals surface area (Å²) in [6, 6.07) is 3.09. The molecule has 17 heteroatoms. The minimum atomic E-state index is -0.974. The van der Waals surface area contributed by atoms with Crippen molar-refractivity contribution in [3.63, 3.8) is 0 Å². The quantitative estimate of drug-likeness (QED) is 0.0164. The summed E-state index contributed by atoms with van der Waals surface area (Å²) in [4.78, 5) is 70.5. The molecule has 2 amide bonds. The zero-order valence-corrected chi connectivity index (χ0v) is 47.6. The number of methoxy groups -OCH3 is 5. The molecule has 1 unspecified atom stereocenters. The SMILES string of the molecule is COc1c2c3c4c(c(NCCCC(=O)NCCC(C)(C)OCCC(C)(C)OC)c(=O)c5c(O)cc(OC)c(c6c(OC)cc(NCCCC(=O)NCCC(C)(C)OCCC(C)(C)OC)c(c1=O)c63)c54)C=C(C)C2C(C)=O. The van der Waals surface area contributed by atoms with E-state index in [9.17, 15) is 19.5 Å². The van der Waals surface area contributed by atoms with Crippen LogP contribution in [0.15, 0.2) is 27.3 Å². The summed E-state index contributed by atoms with van der Waals surface area (Å²) in [5.74, 6) is -1.34. The Balaban J connectivity index is 1.35. The number of phenols is 1. The summed E-state index contributed by atoms with van der Waals surface area (Å²) in [6.45, 7) is 21.6. The lowest BCUT2D eigenvalue weighted by Gasteiger charge is -2.29. The highest BCUT2D eigenvalue weighted by atomic mass is 16.5. The van der Waals surface area contributed by atoms with E-state index in [1.54, 1.807) is 33.3 Å². The van der Waals surface area contributed by atoms with Crippen molar-refractivity contribution in [2.75, 3.05) is 85.6 Å². The van der Waals surface area contributed by atoms with Gasteiger partial charge in [-0.15, -0.1) is 0 Å². The molecule has 17 nitrogen and oxygen atoms in total. The second-order valence-corrected chi connectivity index (χ2v) is 22.5. The van der Waals surface area contributed by atoms with Gasteiger partial charge < -0.3 is 59.5 Å². The van der Waals surface area contributed by atoms with Gasteiger partial charge in [0.15, 0.2) is 5.75 Å². The summed E-state index contributed by atoms with van der Waals surface area (Å²) in [6.07, 6.45) is 5.60. The first-order valence-electron chi connectivity index (χ1n) is 26.4. The van der Waals surface area contributed by atoms with Gasteiger partial charge in [-0.25, -0.2) is 0 Å². The summed E-state index contributed by atoms with van der Waals surface area (Å²) in [7, 11) is 7.71. The van der Waals surface area contributed by atoms with Crippen LogP contribution in [0.25, 0.3) is 49.2 Å². The summed E-state index contributed by atoms with van der Waals surface area (Å²) < 4.78 is 41.4. The fourth-order valence-corrected chi connectivity index (χ4v) is 10.2. The number of hydrogen-bond acceptors (Lipinski definition) is 15. The Hall–Kier alpha value is -6.01. The Morgan fingerprint density at radius 2 is 1.08 bits per heavy atom. The van der Waals surface area contributed by atoms with Gasteiger partial charge in [0.2, 0.25) is 22.7 Å². The highest BCUT2D eigenvalue weighted by Gasteiger charge is 2.37. The van der Waals surface area contributed by atoms with Crippen LogP contribution in [0.2, 0.25) is 0 Å². The Morgan fingerprint density at radius 3 is 1.57 bits per heavy atom. The van der Waals surface area contributed by atoms with Crippen LogP contribution >= 0.6 is 0 Å². The van der Waals surface area contributed by atoms with Crippen LogP contribution in [-0.4, -0.2) is 120 Å². The number of phenolic OH excluding ortho intramolecular Hbond substituents is 1. The van der Waals surface area contributed by atoms with Gasteiger partial charge in [0, 0.05) is 109 Å². The molecule has 0 aromatic heterocycles. The number of hydrogen-bond donors (Lipinski definition) is 5. The molecule has 6 rings (SSSR count). The third-order valence-corrected chi connectivity index (χ3v) is 15.0. The number of fused-ring (bicyclic) bond motifs is 1. The number of anilines is 2. The third-order valence-electron chi connectivity index (χ3n) is 15.0. The van der Waals surface area contributed by atoms with Gasteiger partial charge >= 0.3 is 0 Å². The van der Waals surface area contributed by atoms with E-state index in [4.69, 9.17) is 33.2 Å². The van der Waals surface area contributed by atoms with Crippen molar-refractivity contribution in [3.8, 4) is 23.0 Å². The van der Waals surface area contributed by atoms with E-state index < -0.39 is 28.0 Å². The molecule has 5 aromatic carbocycles. The lowest BCUT2D eigenvalue weighted by molar-refractivity contribution is -0.122. The molecule has 0 saturated heterocycles. The number of allylic oxidation sites excluding steroid dienone is 1. The van der Waals surface area contributed by atoms with Crippen LogP contribution in [0, 0.1) is 0 Å². The van der Waals surface area contributed by atoms with Crippen molar-refractivity contribution in [2.24, 2.45) is 0 Å². The molecule has 1 aliphatic rings. The minimum Gasteiger partial charge on any atom is -0.507 e. The second-order valence-electron chi connectivity index (χ2n) is 22.5. The maximum absolute atomic E-state index is 15.2. The Labute approximate surface area is 446 Å². The number of nitrogens with one attached hydrogen (secondary N) is 4. The highest BCUT2D eigenvalue weighted by Crippen LogP contribution is 2.56. The van der Waals surface area contributed by atoms with Crippen molar-refractivity contribution in [1.29, 1.82) is 0 Å². The molecule has 76 heavy (non-hydrogen) atoms. The number of aromatic hydroxyl groups is 1. The predicted octanol–water partition coefficient (Wildman–Crippen LogP) is 9.33. The highest BCUT2D eigenvalue weighted by molar-refractivity contribution is 6.40. The zero-order chi connectivity index (χ0) is 56.1. The van der Waals surface area contributed by atoms with E-state index >= 15 is 9.59 Å². The monoisotopic (exact) mass is 1050 g/mol. The van der Waals surface area contributed by atoms with Gasteiger partial charge in [0.25, 0.3) is 0 Å². The first-order chi connectivity index (χ1) is 35.8.